The zero-order valence-corrected chi connectivity index (χ0v) is 63.7. The monoisotopic (exact) mass is 1420 g/mol. The second-order valence-corrected chi connectivity index (χ2v) is 31.5. The Balaban J connectivity index is 3.52. The fourth-order valence-corrected chi connectivity index (χ4v) is 11.1. The maximum atomic E-state index is 14.6. The normalized spacial score (nSPS) is 15.1. The van der Waals surface area contributed by atoms with Gasteiger partial charge in [0.05, 0.1) is 0 Å². The lowest BCUT2D eigenvalue weighted by molar-refractivity contribution is -0.174. The Labute approximate surface area is 592 Å². The number of nitrogens with one attached hydrogen (secondary N) is 11. The van der Waals surface area contributed by atoms with E-state index < -0.39 is 143 Å². The molecular formula is C73H124F3N11O13. The van der Waals surface area contributed by atoms with E-state index in [1.54, 1.807) is 60.7 Å². The minimum absolute atomic E-state index is 0.00262. The molecule has 0 fully saturated rings. The first-order chi connectivity index (χ1) is 46.1. The number of carbonyl (C=O) groups excluding carboxylic acids is 12. The predicted molar refractivity (Wildman–Crippen MR) is 378 cm³/mol. The van der Waals surface area contributed by atoms with E-state index in [-0.39, 0.29) is 130 Å². The lowest BCUT2D eigenvalue weighted by Crippen LogP contribution is -2.63. The van der Waals surface area contributed by atoms with Crippen LogP contribution in [-0.4, -0.2) is 143 Å². The van der Waals surface area contributed by atoms with Gasteiger partial charge in [-0.2, -0.15) is 13.2 Å². The van der Waals surface area contributed by atoms with Crippen LogP contribution >= 0.6 is 0 Å². The van der Waals surface area contributed by atoms with Crippen molar-refractivity contribution in [2.24, 2.45) is 59.2 Å². The highest BCUT2D eigenvalue weighted by Crippen LogP contribution is 2.20. The van der Waals surface area contributed by atoms with Crippen LogP contribution < -0.4 is 58.5 Å². The van der Waals surface area contributed by atoms with Crippen LogP contribution in [0.3, 0.4) is 0 Å². The summed E-state index contributed by atoms with van der Waals surface area (Å²) >= 11 is 0. The van der Waals surface area contributed by atoms with Gasteiger partial charge < -0.3 is 63.2 Å². The summed E-state index contributed by atoms with van der Waals surface area (Å²) < 4.78 is 45.5. The lowest BCUT2D eigenvalue weighted by atomic mass is 9.96. The van der Waals surface area contributed by atoms with Gasteiger partial charge in [0.25, 0.3) is 0 Å². The number of halogens is 3. The molecule has 1 rings (SSSR count). The van der Waals surface area contributed by atoms with E-state index in [1.165, 1.54) is 13.8 Å². The molecule has 27 heteroatoms. The summed E-state index contributed by atoms with van der Waals surface area (Å²) in [7, 11) is 0. The van der Waals surface area contributed by atoms with Crippen LogP contribution in [0.25, 0.3) is 0 Å². The lowest BCUT2D eigenvalue weighted by Gasteiger charge is -2.32. The maximum Gasteiger partial charge on any atom is 0.471 e. The second kappa shape index (κ2) is 43.5. The van der Waals surface area contributed by atoms with Gasteiger partial charge in [0, 0.05) is 0 Å². The third kappa shape index (κ3) is 35.8. The number of carbonyl (C=O) groups is 12. The highest BCUT2D eigenvalue weighted by atomic mass is 19.4. The molecule has 11 N–H and O–H groups in total. The Morgan fingerprint density at radius 1 is 0.300 bits per heavy atom. The first-order valence-electron chi connectivity index (χ1n) is 35.8. The van der Waals surface area contributed by atoms with Crippen LogP contribution in [0, 0.1) is 59.2 Å². The van der Waals surface area contributed by atoms with Crippen LogP contribution in [0.5, 0.6) is 0 Å². The Morgan fingerprint density at radius 3 is 0.730 bits per heavy atom. The van der Waals surface area contributed by atoms with E-state index >= 15 is 0 Å². The van der Waals surface area contributed by atoms with Crippen molar-refractivity contribution in [3.63, 3.8) is 0 Å². The number of esters is 1. The van der Waals surface area contributed by atoms with Crippen molar-refractivity contribution in [3.05, 3.63) is 35.9 Å². The Kier molecular flexibility index (Phi) is 39.4. The summed E-state index contributed by atoms with van der Waals surface area (Å²) in [5.41, 5.74) is -0.996. The average molecular weight is 1420 g/mol. The third-order valence-corrected chi connectivity index (χ3v) is 15.8. The van der Waals surface area contributed by atoms with Gasteiger partial charge in [0.15, 0.2) is 0 Å². The van der Waals surface area contributed by atoms with Crippen LogP contribution in [0.15, 0.2) is 30.3 Å². The van der Waals surface area contributed by atoms with E-state index in [4.69, 9.17) is 4.74 Å². The minimum Gasteiger partial charge on any atom is -0.459 e. The van der Waals surface area contributed by atoms with Crippen molar-refractivity contribution >= 4 is 70.9 Å². The van der Waals surface area contributed by atoms with Crippen LogP contribution in [-0.2, 0) is 68.9 Å². The van der Waals surface area contributed by atoms with Crippen LogP contribution in [0.4, 0.5) is 13.2 Å². The first kappa shape index (κ1) is 90.7. The van der Waals surface area contributed by atoms with E-state index in [0.717, 1.165) is 5.56 Å². The number of hydrogen-bond donors (Lipinski definition) is 11. The molecule has 0 aliphatic rings. The third-order valence-electron chi connectivity index (χ3n) is 15.8. The minimum atomic E-state index is -5.28. The number of amides is 11. The molecule has 0 spiro atoms. The number of benzene rings is 1. The molecule has 0 aromatic heterocycles. The second-order valence-electron chi connectivity index (χ2n) is 31.5. The zero-order valence-electron chi connectivity index (χ0n) is 63.7. The number of rotatable bonds is 44. The van der Waals surface area contributed by atoms with E-state index in [1.807, 2.05) is 113 Å². The van der Waals surface area contributed by atoms with Gasteiger partial charge in [-0.1, -0.05) is 169 Å². The molecule has 0 aliphatic heterocycles. The molecule has 1 aromatic rings. The van der Waals surface area contributed by atoms with Crippen LogP contribution in [0.2, 0.25) is 0 Å². The standard InChI is InChI=1S/C73H124F3N11O13/c1-39(2)28-50(60(88)77-51(29-40(3)4)61(89)80-55(33-44(11)12)65(93)84-59(37-48(19)20)69(97)100-38-49-26-24-23-25-27-49)78-62(90)52(30-41(5)6)81-66(94)56(34-45(13)14)85-70(98)72(21,22)87-68(96)58(36-47(17)18)83-64(92)54(32-43(9)10)79-63(91)53(31-42(7)8)82-67(95)57(35-46(15)16)86-71(99)73(74,75)76/h23-27,39-48,50-59H,28-38H2,1-22H3,(H,77,88)(H,78,90)(H,79,91)(H,80,89)(H,81,94)(H,82,95)(H,83,92)(H,84,93)(H,85,98)(H,86,99)(H,87,96)/t50-,51-,52-,53-,54-,55-,56-,57-,58-,59-/m0/s1. The molecule has 100 heavy (non-hydrogen) atoms. The van der Waals surface area contributed by atoms with Gasteiger partial charge in [-0.3, -0.25) is 52.7 Å². The average Bonchev–Trinajstić information content (AvgIpc) is 0.844. The predicted octanol–water partition coefficient (Wildman–Crippen LogP) is 7.50. The van der Waals surface area contributed by atoms with E-state index in [0.29, 0.717) is 0 Å². The topological polar surface area (TPSA) is 346 Å². The molecule has 0 saturated heterocycles. The molecule has 24 nitrogen and oxygen atoms in total. The molecule has 570 valence electrons. The van der Waals surface area contributed by atoms with Crippen molar-refractivity contribution in [1.82, 2.24) is 58.5 Å². The summed E-state index contributed by atoms with van der Waals surface area (Å²) in [5, 5.41) is 29.2. The smallest absolute Gasteiger partial charge is 0.459 e. The summed E-state index contributed by atoms with van der Waals surface area (Å²) in [6, 6.07) is -3.56. The van der Waals surface area contributed by atoms with Crippen molar-refractivity contribution < 1.29 is 75.4 Å². The fraction of sp³-hybridized carbons (Fsp3) is 0.753. The van der Waals surface area contributed by atoms with E-state index in [2.05, 4.69) is 53.2 Å². The SMILES string of the molecule is CC(C)C[C@H](NC(=O)[C@H](CC(C)C)NC(=O)[C@H](CC(C)C)NC(=O)C(C)(C)NC(=O)[C@H](CC(C)C)NC(=O)[C@H](CC(C)C)NC(=O)[C@H](CC(C)C)NC(=O)[C@H](CC(C)C)NC(=O)C(F)(F)F)C(=O)N[C@@H](CC(C)C)C(=O)N[C@@H](CC(C)C)C(=O)N[C@@H](CC(C)C)C(=O)OCc1ccccc1. The maximum absolute atomic E-state index is 14.6. The van der Waals surface area contributed by atoms with Gasteiger partial charge in [0.1, 0.15) is 72.6 Å². The summed E-state index contributed by atoms with van der Waals surface area (Å²) in [6.07, 6.45) is -4.52. The van der Waals surface area contributed by atoms with Crippen molar-refractivity contribution in [2.75, 3.05) is 0 Å². The molecule has 0 radical (unpaired) electrons. The largest absolute Gasteiger partial charge is 0.471 e. The fourth-order valence-electron chi connectivity index (χ4n) is 11.1. The van der Waals surface area contributed by atoms with Crippen molar-refractivity contribution in [1.29, 1.82) is 0 Å². The molecule has 0 saturated carbocycles. The molecule has 0 heterocycles. The number of alkyl halides is 3. The van der Waals surface area contributed by atoms with Gasteiger partial charge in [-0.25, -0.2) is 4.79 Å². The Bertz CT molecular complexity index is 2810. The van der Waals surface area contributed by atoms with Gasteiger partial charge in [0.2, 0.25) is 59.1 Å². The molecule has 0 bridgehead atoms. The van der Waals surface area contributed by atoms with Gasteiger partial charge >= 0.3 is 18.1 Å². The van der Waals surface area contributed by atoms with Gasteiger partial charge in [-0.15, -0.1) is 0 Å². The number of ether oxygens (including phenoxy) is 1. The molecule has 0 unspecified atom stereocenters. The zero-order chi connectivity index (χ0) is 76.9. The van der Waals surface area contributed by atoms with Crippen LogP contribution in [0.1, 0.15) is 222 Å². The molecular weight excluding hydrogens is 1300 g/mol. The number of hydrogen-bond acceptors (Lipinski definition) is 13. The molecule has 10 atom stereocenters. The molecule has 1 aromatic carbocycles. The summed E-state index contributed by atoms with van der Waals surface area (Å²) in [6.45, 7) is 39.0. The van der Waals surface area contributed by atoms with Crippen molar-refractivity contribution in [2.45, 2.75) is 295 Å². The Hall–Kier alpha value is -7.35. The highest BCUT2D eigenvalue weighted by molar-refractivity contribution is 6.00. The summed E-state index contributed by atoms with van der Waals surface area (Å²) in [5.74, 6) is -12.5. The molecule has 0 aliphatic carbocycles. The highest BCUT2D eigenvalue weighted by Gasteiger charge is 2.43. The van der Waals surface area contributed by atoms with Crippen molar-refractivity contribution in [3.8, 4) is 0 Å². The molecule has 11 amide bonds. The Morgan fingerprint density at radius 2 is 0.500 bits per heavy atom. The summed E-state index contributed by atoms with van der Waals surface area (Å²) in [4.78, 5) is 168. The van der Waals surface area contributed by atoms with Gasteiger partial charge in [-0.05, 0) is 143 Å². The quantitative estimate of drug-likeness (QED) is 0.0282. The van der Waals surface area contributed by atoms with E-state index in [9.17, 15) is 70.7 Å². The first-order valence-corrected chi connectivity index (χ1v) is 35.8.